The number of nitrogens with one attached hydrogen (secondary N) is 1. The van der Waals surface area contributed by atoms with Gasteiger partial charge in [-0.25, -0.2) is 19.4 Å². The van der Waals surface area contributed by atoms with Crippen LogP contribution in [0.2, 0.25) is 0 Å². The first-order chi connectivity index (χ1) is 14.4. The molecule has 0 bridgehead atoms. The van der Waals surface area contributed by atoms with Gasteiger partial charge in [0, 0.05) is 29.2 Å². The molecule has 2 aromatic heterocycles. The molecule has 1 aromatic carbocycles. The van der Waals surface area contributed by atoms with Crippen molar-refractivity contribution >= 4 is 17.6 Å². The number of amides is 1. The van der Waals surface area contributed by atoms with E-state index < -0.39 is 17.3 Å². The number of fused-ring (bicyclic) bond motifs is 1. The van der Waals surface area contributed by atoms with Crippen molar-refractivity contribution in [2.75, 3.05) is 5.32 Å². The summed E-state index contributed by atoms with van der Waals surface area (Å²) < 4.78 is 20.2. The number of aliphatic imine (C=N–C) groups is 1. The topological polar surface area (TPSA) is 126 Å². The molecular weight excluding hydrogens is 387 g/mol. The first-order valence-electron chi connectivity index (χ1n) is 8.87. The number of anilines is 1. The zero-order valence-corrected chi connectivity index (χ0v) is 15.8. The highest BCUT2D eigenvalue weighted by Gasteiger charge is 2.38. The summed E-state index contributed by atoms with van der Waals surface area (Å²) in [5.74, 6) is -0.789. The smallest absolute Gasteiger partial charge is 0.290 e. The zero-order chi connectivity index (χ0) is 21.3. The van der Waals surface area contributed by atoms with Crippen molar-refractivity contribution in [3.63, 3.8) is 0 Å². The van der Waals surface area contributed by atoms with Crippen molar-refractivity contribution in [2.24, 2.45) is 10.7 Å². The highest BCUT2D eigenvalue weighted by atomic mass is 19.1. The molecular formula is C21H15FN6O2. The van der Waals surface area contributed by atoms with Crippen LogP contribution in [0.4, 0.5) is 10.1 Å². The van der Waals surface area contributed by atoms with Gasteiger partial charge in [0.05, 0.1) is 5.56 Å². The van der Waals surface area contributed by atoms with Crippen LogP contribution in [-0.4, -0.2) is 21.9 Å². The quantitative estimate of drug-likeness (QED) is 0.694. The van der Waals surface area contributed by atoms with Gasteiger partial charge < -0.3 is 15.8 Å². The summed E-state index contributed by atoms with van der Waals surface area (Å²) in [5, 5.41) is 11.5. The van der Waals surface area contributed by atoms with Gasteiger partial charge in [-0.2, -0.15) is 5.26 Å². The van der Waals surface area contributed by atoms with E-state index in [0.29, 0.717) is 16.8 Å². The SMILES string of the molecule is CC1(c2cc(NC(=O)c3ccc(C#N)cn3)ccc2F)N=C(N)Oc2ncccc21. The molecule has 1 aliphatic rings. The average molecular weight is 402 g/mol. The molecule has 0 spiro atoms. The largest absolute Gasteiger partial charge is 0.407 e. The first kappa shape index (κ1) is 19.0. The molecule has 4 rings (SSSR count). The Morgan fingerprint density at radius 2 is 2.07 bits per heavy atom. The van der Waals surface area contributed by atoms with Gasteiger partial charge in [-0.15, -0.1) is 0 Å². The Kier molecular flexibility index (Phi) is 4.60. The van der Waals surface area contributed by atoms with Crippen molar-refractivity contribution in [1.82, 2.24) is 9.97 Å². The lowest BCUT2D eigenvalue weighted by atomic mass is 9.84. The molecule has 0 aliphatic carbocycles. The van der Waals surface area contributed by atoms with E-state index in [0.717, 1.165) is 0 Å². The molecule has 3 aromatic rings. The Bertz CT molecular complexity index is 1220. The molecule has 1 unspecified atom stereocenters. The van der Waals surface area contributed by atoms with Crippen LogP contribution in [0.5, 0.6) is 5.88 Å². The number of halogens is 1. The second kappa shape index (κ2) is 7.25. The summed E-state index contributed by atoms with van der Waals surface area (Å²) in [6, 6.07) is 12.3. The summed E-state index contributed by atoms with van der Waals surface area (Å²) in [7, 11) is 0. The lowest BCUT2D eigenvalue weighted by molar-refractivity contribution is 0.102. The predicted molar refractivity (Wildman–Crippen MR) is 106 cm³/mol. The number of benzene rings is 1. The van der Waals surface area contributed by atoms with Crippen LogP contribution in [0.1, 0.15) is 34.1 Å². The number of nitriles is 1. The van der Waals surface area contributed by atoms with Crippen molar-refractivity contribution < 1.29 is 13.9 Å². The molecule has 30 heavy (non-hydrogen) atoms. The number of nitrogens with zero attached hydrogens (tertiary/aromatic N) is 4. The third-order valence-electron chi connectivity index (χ3n) is 4.70. The highest BCUT2D eigenvalue weighted by Crippen LogP contribution is 2.42. The van der Waals surface area contributed by atoms with Gasteiger partial charge in [-0.3, -0.25) is 4.79 Å². The van der Waals surface area contributed by atoms with Crippen molar-refractivity contribution in [3.05, 3.63) is 83.1 Å². The molecule has 0 fully saturated rings. The fourth-order valence-corrected chi connectivity index (χ4v) is 3.22. The lowest BCUT2D eigenvalue weighted by Crippen LogP contribution is -2.35. The van der Waals surface area contributed by atoms with Gasteiger partial charge in [0.1, 0.15) is 23.1 Å². The molecule has 3 N–H and O–H groups in total. The van der Waals surface area contributed by atoms with Gasteiger partial charge in [0.25, 0.3) is 11.9 Å². The Morgan fingerprint density at radius 1 is 1.23 bits per heavy atom. The summed E-state index contributed by atoms with van der Waals surface area (Å²) in [6.07, 6.45) is 2.84. The maximum Gasteiger partial charge on any atom is 0.290 e. The number of nitrogens with two attached hydrogens (primary N) is 1. The molecule has 3 heterocycles. The lowest BCUT2D eigenvalue weighted by Gasteiger charge is -2.31. The van der Waals surface area contributed by atoms with E-state index in [1.54, 1.807) is 19.1 Å². The van der Waals surface area contributed by atoms with Crippen LogP contribution in [0.3, 0.4) is 0 Å². The van der Waals surface area contributed by atoms with Crippen LogP contribution in [0.15, 0.2) is 59.9 Å². The molecule has 1 atom stereocenters. The molecule has 9 heteroatoms. The molecule has 8 nitrogen and oxygen atoms in total. The van der Waals surface area contributed by atoms with Gasteiger partial charge >= 0.3 is 0 Å². The van der Waals surface area contributed by atoms with E-state index in [-0.39, 0.29) is 23.2 Å². The van der Waals surface area contributed by atoms with Crippen LogP contribution in [0, 0.1) is 17.1 Å². The highest BCUT2D eigenvalue weighted by molar-refractivity contribution is 6.02. The van der Waals surface area contributed by atoms with E-state index in [1.165, 1.54) is 42.7 Å². The summed E-state index contributed by atoms with van der Waals surface area (Å²) in [5.41, 5.74) is 6.12. The van der Waals surface area contributed by atoms with E-state index in [4.69, 9.17) is 15.7 Å². The number of ether oxygens (including phenoxy) is 1. The molecule has 0 saturated carbocycles. The first-order valence-corrected chi connectivity index (χ1v) is 8.87. The van der Waals surface area contributed by atoms with E-state index in [2.05, 4.69) is 20.3 Å². The molecule has 1 amide bonds. The zero-order valence-electron chi connectivity index (χ0n) is 15.8. The fraction of sp³-hybridized carbons (Fsp3) is 0.0952. The maximum atomic E-state index is 14.8. The van der Waals surface area contributed by atoms with Gasteiger partial charge in [-0.1, -0.05) is 0 Å². The summed E-state index contributed by atoms with van der Waals surface area (Å²) in [4.78, 5) is 24.9. The predicted octanol–water partition coefficient (Wildman–Crippen LogP) is 2.71. The second-order valence-electron chi connectivity index (χ2n) is 6.67. The number of pyridine rings is 2. The number of carbonyl (C=O) groups is 1. The third kappa shape index (κ3) is 3.31. The fourth-order valence-electron chi connectivity index (χ4n) is 3.22. The summed E-state index contributed by atoms with van der Waals surface area (Å²) in [6.45, 7) is 1.69. The Balaban J connectivity index is 1.71. The number of hydrogen-bond donors (Lipinski definition) is 2. The minimum Gasteiger partial charge on any atom is -0.407 e. The van der Waals surface area contributed by atoms with E-state index >= 15 is 0 Å². The number of aromatic nitrogens is 2. The number of amidine groups is 1. The summed E-state index contributed by atoms with van der Waals surface area (Å²) >= 11 is 0. The van der Waals surface area contributed by atoms with E-state index in [9.17, 15) is 9.18 Å². The minimum atomic E-state index is -1.20. The number of hydrogen-bond acceptors (Lipinski definition) is 7. The Hall–Kier alpha value is -4.32. The molecule has 148 valence electrons. The van der Waals surface area contributed by atoms with Crippen LogP contribution < -0.4 is 15.8 Å². The minimum absolute atomic E-state index is 0.119. The van der Waals surface area contributed by atoms with Crippen molar-refractivity contribution in [2.45, 2.75) is 12.5 Å². The monoisotopic (exact) mass is 402 g/mol. The third-order valence-corrected chi connectivity index (χ3v) is 4.70. The molecule has 1 aliphatic heterocycles. The normalized spacial score (nSPS) is 17.2. The second-order valence-corrected chi connectivity index (χ2v) is 6.67. The van der Waals surface area contributed by atoms with Gasteiger partial charge in [0.15, 0.2) is 0 Å². The van der Waals surface area contributed by atoms with Gasteiger partial charge in [-0.05, 0) is 49.4 Å². The average Bonchev–Trinajstić information content (AvgIpc) is 2.75. The van der Waals surface area contributed by atoms with E-state index in [1.807, 2.05) is 6.07 Å². The molecule has 0 saturated heterocycles. The Morgan fingerprint density at radius 3 is 2.80 bits per heavy atom. The van der Waals surface area contributed by atoms with Crippen molar-refractivity contribution in [1.29, 1.82) is 5.26 Å². The van der Waals surface area contributed by atoms with Crippen LogP contribution in [0.25, 0.3) is 0 Å². The number of rotatable bonds is 3. The van der Waals surface area contributed by atoms with Crippen LogP contribution in [-0.2, 0) is 5.54 Å². The Labute approximate surface area is 170 Å². The van der Waals surface area contributed by atoms with Crippen LogP contribution >= 0.6 is 0 Å². The molecule has 0 radical (unpaired) electrons. The standard InChI is InChI=1S/C21H15FN6O2/c1-21(14-3-2-8-25-19(14)30-20(24)28-21)15-9-13(5-6-16(15)22)27-18(29)17-7-4-12(10-23)11-26-17/h2-9,11H,1H3,(H2,24,28)(H,27,29). The van der Waals surface area contributed by atoms with Gasteiger partial charge in [0.2, 0.25) is 5.88 Å². The maximum absolute atomic E-state index is 14.8. The van der Waals surface area contributed by atoms with Crippen molar-refractivity contribution in [3.8, 4) is 11.9 Å². The number of carbonyl (C=O) groups excluding carboxylic acids is 1.